The molecule has 0 saturated carbocycles. The van der Waals surface area contributed by atoms with Crippen molar-refractivity contribution in [1.82, 2.24) is 20.1 Å². The molecule has 1 N–H and O–H groups in total. The van der Waals surface area contributed by atoms with Crippen molar-refractivity contribution in [1.29, 1.82) is 0 Å². The van der Waals surface area contributed by atoms with Crippen molar-refractivity contribution < 1.29 is 9.59 Å². The number of hydrogen-bond acceptors (Lipinski definition) is 4. The van der Waals surface area contributed by atoms with Crippen molar-refractivity contribution in [2.24, 2.45) is 0 Å². The highest BCUT2D eigenvalue weighted by Crippen LogP contribution is 2.10. The molecule has 1 saturated heterocycles. The first-order chi connectivity index (χ1) is 13.0. The van der Waals surface area contributed by atoms with Crippen molar-refractivity contribution in [3.63, 3.8) is 0 Å². The Morgan fingerprint density at radius 2 is 1.81 bits per heavy atom. The Bertz CT molecular complexity index is 802. The summed E-state index contributed by atoms with van der Waals surface area (Å²) >= 11 is 5.87. The number of hydrogen-bond donors (Lipinski definition) is 1. The third-order valence-electron chi connectivity index (χ3n) is 4.64. The van der Waals surface area contributed by atoms with E-state index in [4.69, 9.17) is 11.6 Å². The molecule has 2 heterocycles. The zero-order valence-corrected chi connectivity index (χ0v) is 16.1. The predicted octanol–water partition coefficient (Wildman–Crippen LogP) is 2.10. The van der Waals surface area contributed by atoms with Crippen LogP contribution in [-0.4, -0.2) is 66.4 Å². The molecule has 0 atom stereocenters. The van der Waals surface area contributed by atoms with Crippen molar-refractivity contribution in [3.05, 3.63) is 64.4 Å². The molecule has 1 aromatic heterocycles. The molecule has 1 aromatic carbocycles. The van der Waals surface area contributed by atoms with E-state index in [1.54, 1.807) is 17.0 Å². The second-order valence-electron chi connectivity index (χ2n) is 6.66. The predicted molar refractivity (Wildman–Crippen MR) is 105 cm³/mol. The number of piperazine rings is 1. The lowest BCUT2D eigenvalue weighted by Crippen LogP contribution is -2.47. The van der Waals surface area contributed by atoms with Crippen LogP contribution in [0.1, 0.15) is 26.4 Å². The lowest BCUT2D eigenvalue weighted by molar-refractivity contribution is 0.0658. The molecule has 1 aliphatic heterocycles. The summed E-state index contributed by atoms with van der Waals surface area (Å²) in [6, 6.07) is 10.7. The largest absolute Gasteiger partial charge is 0.352 e. The van der Waals surface area contributed by atoms with Crippen LogP contribution in [0.4, 0.5) is 0 Å². The van der Waals surface area contributed by atoms with E-state index in [1.807, 2.05) is 31.3 Å². The Morgan fingerprint density at radius 3 is 2.52 bits per heavy atom. The summed E-state index contributed by atoms with van der Waals surface area (Å²) in [6.45, 7) is 3.54. The highest BCUT2D eigenvalue weighted by atomic mass is 35.5. The number of nitrogens with one attached hydrogen (secondary N) is 1. The molecule has 142 valence electrons. The van der Waals surface area contributed by atoms with Gasteiger partial charge in [0, 0.05) is 49.5 Å². The average Bonchev–Trinajstić information content (AvgIpc) is 2.69. The number of aromatic nitrogens is 1. The van der Waals surface area contributed by atoms with Gasteiger partial charge in [0.15, 0.2) is 0 Å². The molecule has 27 heavy (non-hydrogen) atoms. The number of carbonyl (C=O) groups excluding carboxylic acids is 2. The SMILES string of the molecule is CN1CCN(C(=O)c2cc(C(=O)NCCc3ccc(Cl)cc3)ccn2)CC1. The van der Waals surface area contributed by atoms with E-state index in [2.05, 4.69) is 15.2 Å². The third-order valence-corrected chi connectivity index (χ3v) is 4.90. The van der Waals surface area contributed by atoms with Gasteiger partial charge in [-0.05, 0) is 43.3 Å². The van der Waals surface area contributed by atoms with Gasteiger partial charge in [0.25, 0.3) is 11.8 Å². The van der Waals surface area contributed by atoms with Gasteiger partial charge in [-0.3, -0.25) is 14.6 Å². The standard InChI is InChI=1S/C20H23ClN4O2/c1-24-10-12-25(13-11-24)20(27)18-14-16(7-9-22-18)19(26)23-8-6-15-2-4-17(21)5-3-15/h2-5,7,9,14H,6,8,10-13H2,1H3,(H,23,26). The van der Waals surface area contributed by atoms with Gasteiger partial charge < -0.3 is 15.1 Å². The second-order valence-corrected chi connectivity index (χ2v) is 7.09. The molecule has 3 rings (SSSR count). The van der Waals surface area contributed by atoms with Gasteiger partial charge >= 0.3 is 0 Å². The van der Waals surface area contributed by atoms with Crippen molar-refractivity contribution in [2.75, 3.05) is 39.8 Å². The molecule has 0 radical (unpaired) electrons. The maximum absolute atomic E-state index is 12.6. The highest BCUT2D eigenvalue weighted by molar-refractivity contribution is 6.30. The van der Waals surface area contributed by atoms with E-state index < -0.39 is 0 Å². The summed E-state index contributed by atoms with van der Waals surface area (Å²) in [5.74, 6) is -0.335. The fourth-order valence-corrected chi connectivity index (χ4v) is 3.06. The first-order valence-electron chi connectivity index (χ1n) is 8.99. The fraction of sp³-hybridized carbons (Fsp3) is 0.350. The van der Waals surface area contributed by atoms with E-state index in [0.717, 1.165) is 18.7 Å². The van der Waals surface area contributed by atoms with Crippen LogP contribution in [0.15, 0.2) is 42.6 Å². The molecule has 2 aromatic rings. The summed E-state index contributed by atoms with van der Waals surface area (Å²) in [5.41, 5.74) is 1.85. The summed E-state index contributed by atoms with van der Waals surface area (Å²) < 4.78 is 0. The molecule has 0 unspecified atom stereocenters. The van der Waals surface area contributed by atoms with Crippen LogP contribution in [0.25, 0.3) is 0 Å². The molecule has 0 bridgehead atoms. The topological polar surface area (TPSA) is 65.5 Å². The van der Waals surface area contributed by atoms with Crippen LogP contribution in [-0.2, 0) is 6.42 Å². The summed E-state index contributed by atoms with van der Waals surface area (Å²) in [4.78, 5) is 33.1. The number of nitrogens with zero attached hydrogens (tertiary/aromatic N) is 3. The van der Waals surface area contributed by atoms with Crippen LogP contribution in [0.2, 0.25) is 5.02 Å². The molecule has 1 fully saturated rings. The van der Waals surface area contributed by atoms with E-state index in [0.29, 0.717) is 42.3 Å². The second kappa shape index (κ2) is 8.97. The zero-order chi connectivity index (χ0) is 19.2. The summed E-state index contributed by atoms with van der Waals surface area (Å²) in [6.07, 6.45) is 2.22. The number of carbonyl (C=O) groups is 2. The minimum atomic E-state index is -0.209. The number of benzene rings is 1. The summed E-state index contributed by atoms with van der Waals surface area (Å²) in [7, 11) is 2.04. The number of likely N-dealkylation sites (N-methyl/N-ethyl adjacent to an activating group) is 1. The monoisotopic (exact) mass is 386 g/mol. The lowest BCUT2D eigenvalue weighted by Gasteiger charge is -2.32. The highest BCUT2D eigenvalue weighted by Gasteiger charge is 2.22. The quantitative estimate of drug-likeness (QED) is 0.854. The molecule has 1 aliphatic rings. The van der Waals surface area contributed by atoms with E-state index >= 15 is 0 Å². The van der Waals surface area contributed by atoms with E-state index in [-0.39, 0.29) is 11.8 Å². The maximum Gasteiger partial charge on any atom is 0.272 e. The Morgan fingerprint density at radius 1 is 1.11 bits per heavy atom. The van der Waals surface area contributed by atoms with Gasteiger partial charge in [0.05, 0.1) is 0 Å². The first kappa shape index (κ1) is 19.3. The molecule has 6 nitrogen and oxygen atoms in total. The zero-order valence-electron chi connectivity index (χ0n) is 15.3. The van der Waals surface area contributed by atoms with Crippen LogP contribution in [0.5, 0.6) is 0 Å². The molecule has 7 heteroatoms. The molecular formula is C20H23ClN4O2. The van der Waals surface area contributed by atoms with Crippen molar-refractivity contribution in [2.45, 2.75) is 6.42 Å². The van der Waals surface area contributed by atoms with Crippen LogP contribution >= 0.6 is 11.6 Å². The normalized spacial score (nSPS) is 14.8. The first-order valence-corrected chi connectivity index (χ1v) is 9.37. The van der Waals surface area contributed by atoms with Crippen molar-refractivity contribution >= 4 is 23.4 Å². The maximum atomic E-state index is 12.6. The van der Waals surface area contributed by atoms with E-state index in [9.17, 15) is 9.59 Å². The fourth-order valence-electron chi connectivity index (χ4n) is 2.93. The molecule has 0 spiro atoms. The molecule has 0 aliphatic carbocycles. The van der Waals surface area contributed by atoms with Crippen LogP contribution < -0.4 is 5.32 Å². The van der Waals surface area contributed by atoms with E-state index in [1.165, 1.54) is 6.20 Å². The number of halogens is 1. The minimum Gasteiger partial charge on any atom is -0.352 e. The Balaban J connectivity index is 1.56. The van der Waals surface area contributed by atoms with Gasteiger partial charge in [-0.1, -0.05) is 23.7 Å². The number of rotatable bonds is 5. The lowest BCUT2D eigenvalue weighted by atomic mass is 10.1. The van der Waals surface area contributed by atoms with Crippen LogP contribution in [0, 0.1) is 0 Å². The molecular weight excluding hydrogens is 364 g/mol. The minimum absolute atomic E-state index is 0.126. The van der Waals surface area contributed by atoms with Gasteiger partial charge in [0.2, 0.25) is 0 Å². The number of pyridine rings is 1. The van der Waals surface area contributed by atoms with Gasteiger partial charge in [-0.25, -0.2) is 0 Å². The molecule has 2 amide bonds. The Labute approximate surface area is 164 Å². The van der Waals surface area contributed by atoms with Crippen LogP contribution in [0.3, 0.4) is 0 Å². The van der Waals surface area contributed by atoms with Crippen molar-refractivity contribution in [3.8, 4) is 0 Å². The Kier molecular flexibility index (Phi) is 6.42. The number of amides is 2. The van der Waals surface area contributed by atoms with Gasteiger partial charge in [0.1, 0.15) is 5.69 Å². The average molecular weight is 387 g/mol. The van der Waals surface area contributed by atoms with Gasteiger partial charge in [-0.2, -0.15) is 0 Å². The third kappa shape index (κ3) is 5.28. The van der Waals surface area contributed by atoms with Gasteiger partial charge in [-0.15, -0.1) is 0 Å². The Hall–Kier alpha value is -2.44. The smallest absolute Gasteiger partial charge is 0.272 e. The summed E-state index contributed by atoms with van der Waals surface area (Å²) in [5, 5.41) is 3.57.